The first-order valence-corrected chi connectivity index (χ1v) is 26.0. The number of imidazole rings is 1. The second-order valence-corrected chi connectivity index (χ2v) is 18.3. The van der Waals surface area contributed by atoms with Crippen LogP contribution in [0.15, 0.2) is 201 Å². The molecule has 21 heteroatoms. The Bertz CT molecular complexity index is 4340. The molecule has 0 fully saturated rings. The van der Waals surface area contributed by atoms with E-state index in [0.29, 0.717) is 45.3 Å². The van der Waals surface area contributed by atoms with Crippen LogP contribution in [0.3, 0.4) is 0 Å². The molecule has 5 heterocycles. The van der Waals surface area contributed by atoms with Crippen LogP contribution >= 0.6 is 0 Å². The van der Waals surface area contributed by atoms with Crippen LogP contribution in [0.4, 0.5) is 0 Å². The molecule has 0 aliphatic heterocycles. The average Bonchev–Trinajstić information content (AvgIpc) is 2.06. The van der Waals surface area contributed by atoms with Crippen molar-refractivity contribution in [3.63, 3.8) is 0 Å². The van der Waals surface area contributed by atoms with Gasteiger partial charge in [-0.1, -0.05) is 48.4 Å². The van der Waals surface area contributed by atoms with Gasteiger partial charge in [-0.25, -0.2) is 0 Å². The van der Waals surface area contributed by atoms with Crippen molar-refractivity contribution in [3.05, 3.63) is 287 Å². The SMILES string of the molecule is CC(=O)c1cc(-n2ccc(C#N)n2)[c-]cc1C.Cc1cc(C)c(-n2ccnc2-c2[c-]ccc(C#N)c2)c(C)c1.N#Cc1ccn(-c2[c-]cc(Oc3ccccc3)cc2)n1.N#Cc1ccn(-c2[c-]cccc2)n1.N#Cc1ccn(-c2[c-]cccc2)n1.[Ir].[Ir].[Ir].[Pt]. The number of carbonyl (C=O) groups is 1. The van der Waals surface area contributed by atoms with E-state index in [1.54, 1.807) is 99.6 Å². The van der Waals surface area contributed by atoms with Crippen LogP contribution in [0.1, 0.15) is 67.9 Å². The Morgan fingerprint density at radius 2 is 0.955 bits per heavy atom. The normalized spacial score (nSPS) is 9.48. The number of hydrogen-bond acceptors (Lipinski definition) is 12. The molecule has 0 atom stereocenters. The predicted molar refractivity (Wildman–Crippen MR) is 316 cm³/mol. The van der Waals surface area contributed by atoms with E-state index in [-0.39, 0.29) is 87.2 Å². The number of hydrogen-bond donors (Lipinski definition) is 0. The standard InChI is InChI=1S/C19H16N3.C16H10N3O.C13H10N3O.2C10H6N3.3Ir.Pt/c1-13-9-14(2)18(15(3)10-13)22-8-7-21-19(22)17-6-4-5-16(11-17)12-20;17-12-13-10-11-19(18-13)14-6-8-16(9-7-14)20-15-4-2-1-3-5-15;1-9-3-4-12(7-13(9)10(2)17)16-6-5-11(8-14)15-16;2*11-8-9-6-7-13(12-9)10-4-2-1-3-5-10;;;;/h4-5,7-11H,1-3H3;1-6,8-11H;3,5-7H,1-2H3;2*1-4,6-7H;;;;/q5*-1;;;;. The summed E-state index contributed by atoms with van der Waals surface area (Å²) in [4.78, 5) is 15.9. The first-order valence-electron chi connectivity index (χ1n) is 26.0. The number of benzene rings is 7. The minimum absolute atomic E-state index is 0. The minimum Gasteiger partial charge on any atom is -0.517 e. The Hall–Kier alpha value is -9.85. The van der Waals surface area contributed by atoms with Gasteiger partial charge in [-0.3, -0.25) is 28.5 Å². The number of Topliss-reactive ketones (excluding diaryl/α,β-unsaturated/α-hetero) is 1. The molecule has 5 aromatic heterocycles. The van der Waals surface area contributed by atoms with E-state index in [2.05, 4.69) is 99.3 Å². The first kappa shape index (κ1) is 71.6. The minimum atomic E-state index is 0. The molecule has 0 bridgehead atoms. The van der Waals surface area contributed by atoms with Gasteiger partial charge in [0.2, 0.25) is 0 Å². The monoisotopic (exact) mass is 1880 g/mol. The van der Waals surface area contributed by atoms with Crippen molar-refractivity contribution in [2.75, 3.05) is 0 Å². The van der Waals surface area contributed by atoms with Crippen molar-refractivity contribution < 1.29 is 90.9 Å². The van der Waals surface area contributed by atoms with E-state index in [0.717, 1.165) is 45.5 Å². The summed E-state index contributed by atoms with van der Waals surface area (Å²) in [6, 6.07) is 75.0. The summed E-state index contributed by atoms with van der Waals surface area (Å²) in [5, 5.41) is 59.8. The van der Waals surface area contributed by atoms with E-state index in [1.807, 2.05) is 134 Å². The maximum atomic E-state index is 11.4. The fourth-order valence-corrected chi connectivity index (χ4v) is 8.32. The van der Waals surface area contributed by atoms with Gasteiger partial charge in [-0.15, -0.1) is 71.8 Å². The van der Waals surface area contributed by atoms with Gasteiger partial charge in [0.25, 0.3) is 0 Å². The van der Waals surface area contributed by atoms with Gasteiger partial charge in [0, 0.05) is 130 Å². The van der Waals surface area contributed by atoms with Gasteiger partial charge < -0.3 is 9.30 Å². The zero-order valence-corrected chi connectivity index (χ0v) is 57.4. The molecule has 0 aliphatic carbocycles. The van der Waals surface area contributed by atoms with Crippen LogP contribution in [-0.2, 0) is 81.4 Å². The number of aromatic nitrogens is 10. The van der Waals surface area contributed by atoms with Crippen LogP contribution < -0.4 is 4.74 Å². The molecular weight excluding hydrogens is 1830 g/mol. The number of nitriles is 5. The number of para-hydroxylation sites is 3. The smallest absolute Gasteiger partial charge is 0.162 e. The zero-order chi connectivity index (χ0) is 60.1. The molecule has 0 amide bonds. The van der Waals surface area contributed by atoms with Gasteiger partial charge in [-0.05, 0) is 104 Å². The molecule has 0 spiro atoms. The Kier molecular flexibility index (Phi) is 28.7. The summed E-state index contributed by atoms with van der Waals surface area (Å²) in [6.45, 7) is 9.70. The van der Waals surface area contributed by atoms with Gasteiger partial charge in [0.1, 0.15) is 35.8 Å². The Morgan fingerprint density at radius 1 is 0.472 bits per heavy atom. The number of nitrogens with zero attached hydrogens (tertiary/aromatic N) is 15. The van der Waals surface area contributed by atoms with E-state index in [1.165, 1.54) is 28.3 Å². The van der Waals surface area contributed by atoms with Crippen molar-refractivity contribution in [1.29, 1.82) is 26.3 Å². The Balaban J connectivity index is 0.000000238. The molecule has 0 N–H and O–H groups in total. The fourth-order valence-electron chi connectivity index (χ4n) is 8.32. The topological polar surface area (TPSA) is 234 Å². The van der Waals surface area contributed by atoms with Crippen molar-refractivity contribution in [2.24, 2.45) is 0 Å². The quantitative estimate of drug-likeness (QED) is 0.0969. The van der Waals surface area contributed by atoms with Gasteiger partial charge in [-0.2, -0.15) is 113 Å². The zero-order valence-electron chi connectivity index (χ0n) is 47.9. The molecular formula is C68H48Ir3N15O2Pt-5. The molecule has 89 heavy (non-hydrogen) atoms. The van der Waals surface area contributed by atoms with Crippen LogP contribution in [0.5, 0.6) is 11.5 Å². The van der Waals surface area contributed by atoms with E-state index in [9.17, 15) is 4.79 Å². The van der Waals surface area contributed by atoms with Crippen molar-refractivity contribution in [2.45, 2.75) is 34.6 Å². The molecule has 3 radical (unpaired) electrons. The van der Waals surface area contributed by atoms with Crippen LogP contribution in [0, 0.1) is 115 Å². The molecule has 12 aromatic rings. The van der Waals surface area contributed by atoms with Crippen molar-refractivity contribution in [3.8, 4) is 81.7 Å². The Morgan fingerprint density at radius 3 is 1.39 bits per heavy atom. The van der Waals surface area contributed by atoms with E-state index in [4.69, 9.17) is 31.0 Å². The summed E-state index contributed by atoms with van der Waals surface area (Å²) < 4.78 is 14.1. The van der Waals surface area contributed by atoms with Gasteiger partial charge >= 0.3 is 0 Å². The summed E-state index contributed by atoms with van der Waals surface area (Å²) in [5.41, 5.74) is 12.4. The second kappa shape index (κ2) is 35.7. The fraction of sp³-hybridized carbons (Fsp3) is 0.0735. The number of rotatable bonds is 9. The molecule has 0 saturated heterocycles. The third-order valence-corrected chi connectivity index (χ3v) is 12.1. The average molecular weight is 1880 g/mol. The number of ether oxygens (including phenoxy) is 1. The summed E-state index contributed by atoms with van der Waals surface area (Å²) in [6.07, 6.45) is 10.6. The van der Waals surface area contributed by atoms with E-state index < -0.39 is 0 Å². The molecule has 0 unspecified atom stereocenters. The van der Waals surface area contributed by atoms with Crippen LogP contribution in [0.2, 0.25) is 0 Å². The first-order chi connectivity index (χ1) is 41.4. The van der Waals surface area contributed by atoms with E-state index >= 15 is 0 Å². The van der Waals surface area contributed by atoms with Crippen molar-refractivity contribution >= 4 is 5.78 Å². The summed E-state index contributed by atoms with van der Waals surface area (Å²) in [5.74, 6) is 2.28. The molecule has 12 rings (SSSR count). The summed E-state index contributed by atoms with van der Waals surface area (Å²) in [7, 11) is 0. The Labute approximate surface area is 570 Å². The molecule has 449 valence electrons. The third kappa shape index (κ3) is 19.8. The molecule has 0 aliphatic rings. The van der Waals surface area contributed by atoms with Gasteiger partial charge in [0.15, 0.2) is 22.8 Å². The number of aryl methyl sites for hydroxylation is 4. The van der Waals surface area contributed by atoms with Crippen LogP contribution in [0.25, 0.3) is 39.8 Å². The predicted octanol–water partition coefficient (Wildman–Crippen LogP) is 12.6. The maximum Gasteiger partial charge on any atom is 0.162 e. The number of ketones is 1. The second-order valence-electron chi connectivity index (χ2n) is 18.3. The number of carbonyl (C=O) groups excluding carboxylic acids is 1. The van der Waals surface area contributed by atoms with Gasteiger partial charge in [0.05, 0.1) is 11.9 Å². The molecule has 0 saturated carbocycles. The van der Waals surface area contributed by atoms with Crippen molar-refractivity contribution in [1.82, 2.24) is 48.7 Å². The third-order valence-electron chi connectivity index (χ3n) is 12.1. The van der Waals surface area contributed by atoms with Crippen LogP contribution in [-0.4, -0.2) is 54.5 Å². The molecule has 17 nitrogen and oxygen atoms in total. The maximum absolute atomic E-state index is 11.4. The molecule has 7 aromatic carbocycles. The summed E-state index contributed by atoms with van der Waals surface area (Å²) >= 11 is 0. The largest absolute Gasteiger partial charge is 0.517 e.